The number of carbonyl (C=O) groups is 2. The molecule has 16 heavy (non-hydrogen) atoms. The molecular weight excluding hydrogens is 212 g/mol. The largest absolute Gasteiger partial charge is 0.450 e. The zero-order valence-corrected chi connectivity index (χ0v) is 9.44. The molecule has 94 valence electrons. The van der Waals surface area contributed by atoms with Crippen molar-refractivity contribution in [2.45, 2.75) is 38.5 Å². The van der Waals surface area contributed by atoms with Crippen LogP contribution in [0.4, 0.5) is 0 Å². The van der Waals surface area contributed by atoms with E-state index in [4.69, 9.17) is 11.5 Å². The Balaban J connectivity index is 3.21. The first-order valence-corrected chi connectivity index (χ1v) is 5.42. The summed E-state index contributed by atoms with van der Waals surface area (Å²) in [5, 5.41) is 0. The van der Waals surface area contributed by atoms with Gasteiger partial charge in [0.25, 0.3) is 0 Å². The van der Waals surface area contributed by atoms with Crippen molar-refractivity contribution in [2.75, 3.05) is 13.5 Å². The Labute approximate surface area is 95.3 Å². The van der Waals surface area contributed by atoms with Crippen LogP contribution in [0.1, 0.15) is 38.5 Å². The molecule has 4 N–H and O–H groups in total. The van der Waals surface area contributed by atoms with Crippen LogP contribution < -0.4 is 11.5 Å². The van der Waals surface area contributed by atoms with Crippen molar-refractivity contribution >= 4 is 11.9 Å². The molecule has 6 nitrogen and oxygen atoms in total. The topological polar surface area (TPSA) is 105 Å². The Bertz CT molecular complexity index is 187. The molecule has 0 heterocycles. The summed E-state index contributed by atoms with van der Waals surface area (Å²) in [5.41, 5.74) is 10.1. The summed E-state index contributed by atoms with van der Waals surface area (Å²) in [6, 6.07) is 0. The standard InChI is InChI=1S/C10H20N2O4/c11-7-15-9(13)5-3-1-2-4-6-10(14)16-8-12/h1-8,11-12H2. The summed E-state index contributed by atoms with van der Waals surface area (Å²) < 4.78 is 9.14. The molecule has 0 fully saturated rings. The molecule has 0 amide bonds. The van der Waals surface area contributed by atoms with Gasteiger partial charge in [0, 0.05) is 12.8 Å². The SMILES string of the molecule is NCOC(=O)CCCCCCC(=O)OCN. The average Bonchev–Trinajstić information content (AvgIpc) is 2.24. The lowest BCUT2D eigenvalue weighted by Crippen LogP contribution is -2.12. The van der Waals surface area contributed by atoms with E-state index < -0.39 is 0 Å². The smallest absolute Gasteiger partial charge is 0.307 e. The molecule has 0 rings (SSSR count). The third-order valence-electron chi connectivity index (χ3n) is 2.00. The van der Waals surface area contributed by atoms with Gasteiger partial charge in [0.2, 0.25) is 0 Å². The predicted molar refractivity (Wildman–Crippen MR) is 58.0 cm³/mol. The second-order valence-corrected chi connectivity index (χ2v) is 3.28. The molecule has 6 heteroatoms. The fourth-order valence-corrected chi connectivity index (χ4v) is 1.22. The monoisotopic (exact) mass is 232 g/mol. The van der Waals surface area contributed by atoms with E-state index >= 15 is 0 Å². The normalized spacial score (nSPS) is 9.88. The third-order valence-corrected chi connectivity index (χ3v) is 2.00. The average molecular weight is 232 g/mol. The Hall–Kier alpha value is -1.14. The lowest BCUT2D eigenvalue weighted by atomic mass is 10.1. The molecule has 0 aliphatic rings. The summed E-state index contributed by atoms with van der Waals surface area (Å²) in [7, 11) is 0. The third kappa shape index (κ3) is 9.42. The number of unbranched alkanes of at least 4 members (excludes halogenated alkanes) is 3. The molecule has 0 aliphatic heterocycles. The van der Waals surface area contributed by atoms with E-state index in [1.54, 1.807) is 0 Å². The highest BCUT2D eigenvalue weighted by atomic mass is 16.5. The molecule has 0 saturated carbocycles. The van der Waals surface area contributed by atoms with Gasteiger partial charge in [-0.1, -0.05) is 12.8 Å². The van der Waals surface area contributed by atoms with Crippen LogP contribution in [0.25, 0.3) is 0 Å². The van der Waals surface area contributed by atoms with Crippen LogP contribution in [0.2, 0.25) is 0 Å². The first-order chi connectivity index (χ1) is 7.70. The van der Waals surface area contributed by atoms with Crippen molar-refractivity contribution < 1.29 is 19.1 Å². The molecular formula is C10H20N2O4. The van der Waals surface area contributed by atoms with Crippen molar-refractivity contribution in [3.8, 4) is 0 Å². The minimum atomic E-state index is -0.273. The number of rotatable bonds is 9. The molecule has 0 atom stereocenters. The van der Waals surface area contributed by atoms with Crippen molar-refractivity contribution in [1.82, 2.24) is 0 Å². The van der Waals surface area contributed by atoms with Gasteiger partial charge in [-0.05, 0) is 12.8 Å². The summed E-state index contributed by atoms with van der Waals surface area (Å²) in [4.78, 5) is 21.8. The van der Waals surface area contributed by atoms with E-state index in [-0.39, 0.29) is 25.4 Å². The van der Waals surface area contributed by atoms with Crippen LogP contribution in [-0.2, 0) is 19.1 Å². The zero-order chi connectivity index (χ0) is 12.2. The summed E-state index contributed by atoms with van der Waals surface area (Å²) >= 11 is 0. The second-order valence-electron chi connectivity index (χ2n) is 3.28. The Morgan fingerprint density at radius 2 is 1.12 bits per heavy atom. The van der Waals surface area contributed by atoms with Gasteiger partial charge in [-0.25, -0.2) is 0 Å². The first kappa shape index (κ1) is 14.9. The van der Waals surface area contributed by atoms with Crippen molar-refractivity contribution in [2.24, 2.45) is 11.5 Å². The van der Waals surface area contributed by atoms with Crippen LogP contribution >= 0.6 is 0 Å². The molecule has 0 radical (unpaired) electrons. The van der Waals surface area contributed by atoms with Gasteiger partial charge >= 0.3 is 11.9 Å². The summed E-state index contributed by atoms with van der Waals surface area (Å²) in [6.45, 7) is -0.131. The minimum absolute atomic E-state index is 0.0657. The van der Waals surface area contributed by atoms with Crippen LogP contribution in [-0.4, -0.2) is 25.4 Å². The molecule has 0 bridgehead atoms. The van der Waals surface area contributed by atoms with E-state index in [1.807, 2.05) is 0 Å². The number of carbonyl (C=O) groups excluding carboxylic acids is 2. The van der Waals surface area contributed by atoms with Gasteiger partial charge in [-0.3, -0.25) is 21.1 Å². The highest BCUT2D eigenvalue weighted by Crippen LogP contribution is 2.06. The van der Waals surface area contributed by atoms with Crippen molar-refractivity contribution in [3.63, 3.8) is 0 Å². The number of hydrogen-bond donors (Lipinski definition) is 2. The number of esters is 2. The Kier molecular flexibility index (Phi) is 9.64. The molecule has 0 spiro atoms. The number of ether oxygens (including phenoxy) is 2. The van der Waals surface area contributed by atoms with Crippen LogP contribution in [0.15, 0.2) is 0 Å². The fourth-order valence-electron chi connectivity index (χ4n) is 1.22. The van der Waals surface area contributed by atoms with Gasteiger partial charge in [0.15, 0.2) is 0 Å². The summed E-state index contributed by atoms with van der Waals surface area (Å²) in [6.07, 6.45) is 4.04. The maximum absolute atomic E-state index is 10.9. The maximum Gasteiger partial charge on any atom is 0.307 e. The van der Waals surface area contributed by atoms with Crippen LogP contribution in [0.5, 0.6) is 0 Å². The lowest BCUT2D eigenvalue weighted by molar-refractivity contribution is -0.144. The Morgan fingerprint density at radius 3 is 1.44 bits per heavy atom. The Morgan fingerprint density at radius 1 is 0.750 bits per heavy atom. The van der Waals surface area contributed by atoms with Crippen LogP contribution in [0, 0.1) is 0 Å². The first-order valence-electron chi connectivity index (χ1n) is 5.42. The second kappa shape index (κ2) is 10.4. The summed E-state index contributed by atoms with van der Waals surface area (Å²) in [5.74, 6) is -0.546. The maximum atomic E-state index is 10.9. The lowest BCUT2D eigenvalue weighted by Gasteiger charge is -2.02. The van der Waals surface area contributed by atoms with E-state index in [0.29, 0.717) is 12.8 Å². The van der Waals surface area contributed by atoms with Gasteiger partial charge in [-0.15, -0.1) is 0 Å². The predicted octanol–water partition coefficient (Wildman–Crippen LogP) is 0.246. The van der Waals surface area contributed by atoms with Crippen molar-refractivity contribution in [1.29, 1.82) is 0 Å². The van der Waals surface area contributed by atoms with Gasteiger partial charge in [0.1, 0.15) is 13.5 Å². The van der Waals surface area contributed by atoms with Crippen molar-refractivity contribution in [3.05, 3.63) is 0 Å². The number of hydrogen-bond acceptors (Lipinski definition) is 6. The van der Waals surface area contributed by atoms with E-state index in [0.717, 1.165) is 25.7 Å². The quantitative estimate of drug-likeness (QED) is 0.335. The van der Waals surface area contributed by atoms with E-state index in [9.17, 15) is 9.59 Å². The fraction of sp³-hybridized carbons (Fsp3) is 0.800. The number of nitrogens with two attached hydrogens (primary N) is 2. The van der Waals surface area contributed by atoms with E-state index in [1.165, 1.54) is 0 Å². The van der Waals surface area contributed by atoms with E-state index in [2.05, 4.69) is 9.47 Å². The molecule has 0 aromatic carbocycles. The molecule has 0 aliphatic carbocycles. The van der Waals surface area contributed by atoms with Gasteiger partial charge in [-0.2, -0.15) is 0 Å². The van der Waals surface area contributed by atoms with Gasteiger partial charge in [0.05, 0.1) is 0 Å². The van der Waals surface area contributed by atoms with Gasteiger partial charge < -0.3 is 9.47 Å². The highest BCUT2D eigenvalue weighted by molar-refractivity contribution is 5.69. The molecule has 0 aromatic heterocycles. The molecule has 0 unspecified atom stereocenters. The minimum Gasteiger partial charge on any atom is -0.450 e. The highest BCUT2D eigenvalue weighted by Gasteiger charge is 2.03. The van der Waals surface area contributed by atoms with Crippen LogP contribution in [0.3, 0.4) is 0 Å². The molecule has 0 saturated heterocycles. The molecule has 0 aromatic rings. The zero-order valence-electron chi connectivity index (χ0n) is 9.44.